The van der Waals surface area contributed by atoms with Crippen LogP contribution < -0.4 is 0 Å². The lowest BCUT2D eigenvalue weighted by Gasteiger charge is -2.07. The van der Waals surface area contributed by atoms with Gasteiger partial charge in [0, 0.05) is 10.3 Å². The van der Waals surface area contributed by atoms with Gasteiger partial charge in [-0.05, 0) is 25.3 Å². The minimum atomic E-state index is -3.33. The van der Waals surface area contributed by atoms with E-state index in [2.05, 4.69) is 0 Å². The normalized spacial score (nSPS) is 12.2. The maximum absolute atomic E-state index is 12.0. The van der Waals surface area contributed by atoms with E-state index in [1.54, 1.807) is 32.0 Å². The fourth-order valence-corrected chi connectivity index (χ4v) is 3.97. The van der Waals surface area contributed by atoms with Crippen LogP contribution >= 0.6 is 11.3 Å². The molecule has 0 radical (unpaired) electrons. The lowest BCUT2D eigenvalue weighted by molar-refractivity contribution is 0.0701. The van der Waals surface area contributed by atoms with Crippen LogP contribution in [-0.2, 0) is 15.6 Å². The van der Waals surface area contributed by atoms with Crippen molar-refractivity contribution >= 4 is 37.2 Å². The zero-order valence-corrected chi connectivity index (χ0v) is 12.2. The Morgan fingerprint density at radius 1 is 1.32 bits per heavy atom. The van der Waals surface area contributed by atoms with Gasteiger partial charge in [0.1, 0.15) is 4.88 Å². The molecule has 4 nitrogen and oxygen atoms in total. The highest BCUT2D eigenvalue weighted by atomic mass is 32.2. The molecular formula is C13H14O4S2. The van der Waals surface area contributed by atoms with Gasteiger partial charge in [0.15, 0.2) is 9.84 Å². The van der Waals surface area contributed by atoms with Crippen LogP contribution in [0.2, 0.25) is 0 Å². The molecular weight excluding hydrogens is 284 g/mol. The van der Waals surface area contributed by atoms with E-state index in [4.69, 9.17) is 0 Å². The number of fused-ring (bicyclic) bond motifs is 1. The van der Waals surface area contributed by atoms with Gasteiger partial charge in [-0.2, -0.15) is 0 Å². The molecule has 102 valence electrons. The van der Waals surface area contributed by atoms with Crippen LogP contribution in [0.1, 0.15) is 29.1 Å². The summed E-state index contributed by atoms with van der Waals surface area (Å²) in [6, 6.07) is 7.17. The molecule has 2 aromatic rings. The number of carbonyl (C=O) groups is 1. The van der Waals surface area contributed by atoms with Crippen molar-refractivity contribution in [3.63, 3.8) is 0 Å². The van der Waals surface area contributed by atoms with Gasteiger partial charge >= 0.3 is 5.97 Å². The second-order valence-electron chi connectivity index (χ2n) is 4.57. The summed E-state index contributed by atoms with van der Waals surface area (Å²) in [6.07, 6.45) is 0. The number of benzene rings is 1. The number of carboxylic acids is 1. The standard InChI is InChI=1S/C13H14O4S2/c1-8(2)19(16,17)7-10-9-5-3-4-6-11(9)18-12(10)13(14)15/h3-6,8H,7H2,1-2H3,(H,14,15). The first-order chi connectivity index (χ1) is 8.83. The third-order valence-corrected chi connectivity index (χ3v) is 6.28. The maximum Gasteiger partial charge on any atom is 0.346 e. The quantitative estimate of drug-likeness (QED) is 0.942. The number of hydrogen-bond acceptors (Lipinski definition) is 4. The minimum Gasteiger partial charge on any atom is -0.477 e. The van der Waals surface area contributed by atoms with E-state index < -0.39 is 21.1 Å². The number of aromatic carboxylic acids is 1. The van der Waals surface area contributed by atoms with Crippen molar-refractivity contribution in [2.75, 3.05) is 0 Å². The Labute approximate surface area is 115 Å². The Morgan fingerprint density at radius 2 is 1.95 bits per heavy atom. The Bertz CT molecular complexity index is 726. The fourth-order valence-electron chi connectivity index (χ4n) is 1.78. The van der Waals surface area contributed by atoms with Crippen LogP contribution in [0.3, 0.4) is 0 Å². The summed E-state index contributed by atoms with van der Waals surface area (Å²) in [5, 5.41) is 9.41. The third kappa shape index (κ3) is 2.64. The van der Waals surface area contributed by atoms with Gasteiger partial charge in [0.05, 0.1) is 11.0 Å². The van der Waals surface area contributed by atoms with Crippen LogP contribution in [0.5, 0.6) is 0 Å². The van der Waals surface area contributed by atoms with Crippen molar-refractivity contribution in [2.45, 2.75) is 24.9 Å². The van der Waals surface area contributed by atoms with E-state index >= 15 is 0 Å². The highest BCUT2D eigenvalue weighted by Crippen LogP contribution is 2.33. The van der Waals surface area contributed by atoms with Crippen LogP contribution in [0, 0.1) is 0 Å². The van der Waals surface area contributed by atoms with Gasteiger partial charge in [-0.3, -0.25) is 0 Å². The Balaban J connectivity index is 2.64. The molecule has 19 heavy (non-hydrogen) atoms. The van der Waals surface area contributed by atoms with Crippen molar-refractivity contribution in [3.8, 4) is 0 Å². The molecule has 1 aromatic heterocycles. The van der Waals surface area contributed by atoms with Gasteiger partial charge in [-0.25, -0.2) is 13.2 Å². The zero-order chi connectivity index (χ0) is 14.2. The molecule has 1 N–H and O–H groups in total. The summed E-state index contributed by atoms with van der Waals surface area (Å²) >= 11 is 1.12. The van der Waals surface area contributed by atoms with E-state index in [1.165, 1.54) is 0 Å². The predicted molar refractivity (Wildman–Crippen MR) is 76.5 cm³/mol. The maximum atomic E-state index is 12.0. The summed E-state index contributed by atoms with van der Waals surface area (Å²) in [5.41, 5.74) is 0.404. The Kier molecular flexibility index (Phi) is 3.64. The Hall–Kier alpha value is -1.40. The van der Waals surface area contributed by atoms with Gasteiger partial charge in [0.2, 0.25) is 0 Å². The average Bonchev–Trinajstić information content (AvgIpc) is 2.68. The van der Waals surface area contributed by atoms with E-state index in [-0.39, 0.29) is 10.6 Å². The molecule has 6 heteroatoms. The lowest BCUT2D eigenvalue weighted by atomic mass is 10.1. The second kappa shape index (κ2) is 4.94. The van der Waals surface area contributed by atoms with Crippen molar-refractivity contribution in [2.24, 2.45) is 0 Å². The summed E-state index contributed by atoms with van der Waals surface area (Å²) in [6.45, 7) is 3.20. The largest absolute Gasteiger partial charge is 0.477 e. The first kappa shape index (κ1) is 14.0. The lowest BCUT2D eigenvalue weighted by Crippen LogP contribution is -2.17. The highest BCUT2D eigenvalue weighted by Gasteiger charge is 2.24. The molecule has 0 saturated heterocycles. The van der Waals surface area contributed by atoms with Crippen LogP contribution in [0.15, 0.2) is 24.3 Å². The molecule has 0 aliphatic rings. The molecule has 0 amide bonds. The molecule has 0 spiro atoms. The predicted octanol–water partition coefficient (Wildman–Crippen LogP) is 2.92. The summed E-state index contributed by atoms with van der Waals surface area (Å²) < 4.78 is 24.9. The second-order valence-corrected chi connectivity index (χ2v) is 8.18. The average molecular weight is 298 g/mol. The molecule has 1 heterocycles. The van der Waals surface area contributed by atoms with Crippen molar-refractivity contribution in [1.29, 1.82) is 0 Å². The molecule has 0 bridgehead atoms. The summed E-state index contributed by atoms with van der Waals surface area (Å²) in [5.74, 6) is -1.30. The van der Waals surface area contributed by atoms with E-state index in [1.807, 2.05) is 6.07 Å². The number of hydrogen-bond donors (Lipinski definition) is 1. The van der Waals surface area contributed by atoms with Gasteiger partial charge < -0.3 is 5.11 Å². The monoisotopic (exact) mass is 298 g/mol. The molecule has 2 rings (SSSR count). The van der Waals surface area contributed by atoms with E-state index in [9.17, 15) is 18.3 Å². The van der Waals surface area contributed by atoms with E-state index in [0.717, 1.165) is 16.0 Å². The molecule has 0 fully saturated rings. The summed E-state index contributed by atoms with van der Waals surface area (Å²) in [7, 11) is -3.33. The highest BCUT2D eigenvalue weighted by molar-refractivity contribution is 7.91. The number of rotatable bonds is 4. The Morgan fingerprint density at radius 3 is 2.53 bits per heavy atom. The smallest absolute Gasteiger partial charge is 0.346 e. The number of carboxylic acid groups (broad SMARTS) is 1. The third-order valence-electron chi connectivity index (χ3n) is 2.96. The zero-order valence-electron chi connectivity index (χ0n) is 10.6. The molecule has 0 saturated carbocycles. The van der Waals surface area contributed by atoms with Gasteiger partial charge in [-0.15, -0.1) is 11.3 Å². The first-order valence-electron chi connectivity index (χ1n) is 5.78. The topological polar surface area (TPSA) is 71.4 Å². The molecule has 0 aliphatic heterocycles. The fraction of sp³-hybridized carbons (Fsp3) is 0.308. The van der Waals surface area contributed by atoms with Crippen molar-refractivity contribution in [1.82, 2.24) is 0 Å². The van der Waals surface area contributed by atoms with Crippen molar-refractivity contribution < 1.29 is 18.3 Å². The first-order valence-corrected chi connectivity index (χ1v) is 8.31. The molecule has 0 aliphatic carbocycles. The molecule has 1 aromatic carbocycles. The SMILES string of the molecule is CC(C)S(=O)(=O)Cc1c(C(=O)O)sc2ccccc12. The number of sulfone groups is 1. The minimum absolute atomic E-state index is 0.116. The number of thiophene rings is 1. The van der Waals surface area contributed by atoms with Crippen LogP contribution in [0.4, 0.5) is 0 Å². The van der Waals surface area contributed by atoms with E-state index in [0.29, 0.717) is 10.9 Å². The van der Waals surface area contributed by atoms with Crippen molar-refractivity contribution in [3.05, 3.63) is 34.7 Å². The summed E-state index contributed by atoms with van der Waals surface area (Å²) in [4.78, 5) is 11.4. The molecule has 0 unspecified atom stereocenters. The van der Waals surface area contributed by atoms with Crippen LogP contribution in [0.25, 0.3) is 10.1 Å². The van der Waals surface area contributed by atoms with Gasteiger partial charge in [-0.1, -0.05) is 18.2 Å². The van der Waals surface area contributed by atoms with Crippen LogP contribution in [-0.4, -0.2) is 24.7 Å². The molecule has 0 atom stereocenters. The van der Waals surface area contributed by atoms with Gasteiger partial charge in [0.25, 0.3) is 0 Å².